The van der Waals surface area contributed by atoms with Crippen molar-refractivity contribution in [2.24, 2.45) is 0 Å². The maximum Gasteiger partial charge on any atom is 0.514 e. The first-order chi connectivity index (χ1) is 9.39. The van der Waals surface area contributed by atoms with E-state index in [1.807, 2.05) is 40.0 Å². The van der Waals surface area contributed by atoms with Crippen LogP contribution in [0.4, 0.5) is 0 Å². The normalized spacial score (nSPS) is 28.0. The van der Waals surface area contributed by atoms with Crippen LogP contribution in [0.2, 0.25) is 0 Å². The van der Waals surface area contributed by atoms with Crippen LogP contribution in [0.5, 0.6) is 0 Å². The summed E-state index contributed by atoms with van der Waals surface area (Å²) in [4.78, 5) is 4.51. The second kappa shape index (κ2) is 4.83. The van der Waals surface area contributed by atoms with E-state index in [-0.39, 0.29) is 17.3 Å². The summed E-state index contributed by atoms with van der Waals surface area (Å²) in [5.74, 6) is 0. The van der Waals surface area contributed by atoms with Crippen LogP contribution in [0.3, 0.4) is 0 Å². The maximum absolute atomic E-state index is 6.00. The van der Waals surface area contributed by atoms with Crippen molar-refractivity contribution in [1.29, 1.82) is 0 Å². The average molecular weight is 275 g/mol. The molecule has 0 bridgehead atoms. The second-order valence-electron chi connectivity index (χ2n) is 6.61. The van der Waals surface area contributed by atoms with Gasteiger partial charge in [0.25, 0.3) is 0 Å². The van der Waals surface area contributed by atoms with E-state index in [9.17, 15) is 0 Å². The van der Waals surface area contributed by atoms with Gasteiger partial charge >= 0.3 is 7.12 Å². The van der Waals surface area contributed by atoms with Gasteiger partial charge in [-0.2, -0.15) is 0 Å². The summed E-state index contributed by atoms with van der Waals surface area (Å²) >= 11 is 0. The highest BCUT2D eigenvalue weighted by atomic mass is 16.7. The highest BCUT2D eigenvalue weighted by Gasteiger charge is 2.52. The standard InChI is InChI=1S/C15H22BNO3/c1-14(2)15(3,4)20-16(19-14)13-8-7-11(10-17-13)12-6-5-9-18-12/h7-8,10,12H,5-6,9H2,1-4H3. The van der Waals surface area contributed by atoms with E-state index in [0.717, 1.165) is 30.6 Å². The van der Waals surface area contributed by atoms with Gasteiger partial charge in [0.1, 0.15) is 0 Å². The zero-order chi connectivity index (χ0) is 14.4. The lowest BCUT2D eigenvalue weighted by molar-refractivity contribution is 0.00578. The van der Waals surface area contributed by atoms with Gasteiger partial charge in [0.05, 0.1) is 22.9 Å². The number of nitrogens with zero attached hydrogens (tertiary/aromatic N) is 1. The highest BCUT2D eigenvalue weighted by Crippen LogP contribution is 2.36. The first kappa shape index (κ1) is 14.0. The number of pyridine rings is 1. The molecule has 5 heteroatoms. The Morgan fingerprint density at radius 3 is 2.35 bits per heavy atom. The molecule has 3 heterocycles. The second-order valence-corrected chi connectivity index (χ2v) is 6.61. The Hall–Kier alpha value is -0.905. The molecule has 0 N–H and O–H groups in total. The van der Waals surface area contributed by atoms with Gasteiger partial charge in [0.15, 0.2) is 0 Å². The molecule has 0 saturated carbocycles. The lowest BCUT2D eigenvalue weighted by Gasteiger charge is -2.32. The van der Waals surface area contributed by atoms with Crippen molar-refractivity contribution in [3.63, 3.8) is 0 Å². The van der Waals surface area contributed by atoms with E-state index in [4.69, 9.17) is 14.0 Å². The van der Waals surface area contributed by atoms with Gasteiger partial charge in [-0.05, 0) is 52.2 Å². The summed E-state index contributed by atoms with van der Waals surface area (Å²) in [7, 11) is -0.390. The summed E-state index contributed by atoms with van der Waals surface area (Å²) in [5, 5.41) is 0. The van der Waals surface area contributed by atoms with Crippen LogP contribution in [0.25, 0.3) is 0 Å². The van der Waals surface area contributed by atoms with Crippen molar-refractivity contribution in [2.75, 3.05) is 6.61 Å². The van der Waals surface area contributed by atoms with Gasteiger partial charge < -0.3 is 14.0 Å². The van der Waals surface area contributed by atoms with E-state index in [1.54, 1.807) is 0 Å². The summed E-state index contributed by atoms with van der Waals surface area (Å²) in [6.07, 6.45) is 4.30. The Balaban J connectivity index is 1.75. The van der Waals surface area contributed by atoms with Crippen LogP contribution >= 0.6 is 0 Å². The average Bonchev–Trinajstić information content (AvgIpc) is 2.97. The molecule has 2 aliphatic rings. The fraction of sp³-hybridized carbons (Fsp3) is 0.667. The van der Waals surface area contributed by atoms with Crippen LogP contribution in [0.15, 0.2) is 18.3 Å². The lowest BCUT2D eigenvalue weighted by Crippen LogP contribution is -2.41. The summed E-state index contributed by atoms with van der Waals surface area (Å²) in [6, 6.07) is 4.06. The molecule has 1 aromatic heterocycles. The Kier molecular flexibility index (Phi) is 3.39. The zero-order valence-electron chi connectivity index (χ0n) is 12.7. The molecule has 2 aliphatic heterocycles. The number of hydrogen-bond donors (Lipinski definition) is 0. The molecule has 0 radical (unpaired) electrons. The Labute approximate surface area is 121 Å². The Morgan fingerprint density at radius 1 is 1.15 bits per heavy atom. The highest BCUT2D eigenvalue weighted by molar-refractivity contribution is 6.61. The third-order valence-electron chi connectivity index (χ3n) is 4.61. The minimum absolute atomic E-state index is 0.204. The molecule has 0 spiro atoms. The van der Waals surface area contributed by atoms with E-state index in [2.05, 4.69) is 11.1 Å². The lowest BCUT2D eigenvalue weighted by atomic mass is 9.84. The third kappa shape index (κ3) is 2.38. The molecular weight excluding hydrogens is 253 g/mol. The van der Waals surface area contributed by atoms with Crippen LogP contribution in [0, 0.1) is 0 Å². The first-order valence-corrected chi connectivity index (χ1v) is 7.32. The van der Waals surface area contributed by atoms with Gasteiger partial charge in [-0.3, -0.25) is 4.98 Å². The largest absolute Gasteiger partial charge is 0.514 e. The van der Waals surface area contributed by atoms with Crippen molar-refractivity contribution in [3.05, 3.63) is 23.9 Å². The number of aromatic nitrogens is 1. The Morgan fingerprint density at radius 2 is 1.85 bits per heavy atom. The molecule has 4 nitrogen and oxygen atoms in total. The van der Waals surface area contributed by atoms with Crippen molar-refractivity contribution >= 4 is 12.7 Å². The summed E-state index contributed by atoms with van der Waals surface area (Å²) in [5.41, 5.74) is 1.31. The number of ether oxygens (including phenoxy) is 1. The smallest absolute Gasteiger partial charge is 0.398 e. The van der Waals surface area contributed by atoms with Crippen LogP contribution < -0.4 is 5.59 Å². The monoisotopic (exact) mass is 275 g/mol. The quantitative estimate of drug-likeness (QED) is 0.776. The minimum Gasteiger partial charge on any atom is -0.398 e. The minimum atomic E-state index is -0.390. The molecule has 2 fully saturated rings. The first-order valence-electron chi connectivity index (χ1n) is 7.32. The molecule has 1 aromatic rings. The van der Waals surface area contributed by atoms with Gasteiger partial charge in [0.2, 0.25) is 0 Å². The number of rotatable bonds is 2. The van der Waals surface area contributed by atoms with Gasteiger partial charge in [0, 0.05) is 12.8 Å². The van der Waals surface area contributed by atoms with Gasteiger partial charge in [-0.1, -0.05) is 6.07 Å². The predicted octanol–water partition coefficient (Wildman–Crippen LogP) is 2.23. The fourth-order valence-corrected chi connectivity index (χ4v) is 2.55. The van der Waals surface area contributed by atoms with Gasteiger partial charge in [-0.25, -0.2) is 0 Å². The van der Waals surface area contributed by atoms with Crippen molar-refractivity contribution in [2.45, 2.75) is 57.8 Å². The molecule has 3 rings (SSSR count). The molecule has 0 aliphatic carbocycles. The molecule has 0 amide bonds. The van der Waals surface area contributed by atoms with Crippen LogP contribution in [-0.4, -0.2) is 29.9 Å². The van der Waals surface area contributed by atoms with Crippen molar-refractivity contribution in [1.82, 2.24) is 4.98 Å². The summed E-state index contributed by atoms with van der Waals surface area (Å²) < 4.78 is 17.7. The topological polar surface area (TPSA) is 40.6 Å². The number of hydrogen-bond acceptors (Lipinski definition) is 4. The molecule has 1 unspecified atom stereocenters. The van der Waals surface area contributed by atoms with E-state index in [0.29, 0.717) is 0 Å². The predicted molar refractivity (Wildman–Crippen MR) is 77.9 cm³/mol. The fourth-order valence-electron chi connectivity index (χ4n) is 2.55. The van der Waals surface area contributed by atoms with Crippen molar-refractivity contribution < 1.29 is 14.0 Å². The van der Waals surface area contributed by atoms with Gasteiger partial charge in [-0.15, -0.1) is 0 Å². The molecule has 0 aromatic carbocycles. The molecular formula is C15H22BNO3. The maximum atomic E-state index is 6.00. The van der Waals surface area contributed by atoms with Crippen molar-refractivity contribution in [3.8, 4) is 0 Å². The van der Waals surface area contributed by atoms with Crippen LogP contribution in [-0.2, 0) is 14.0 Å². The Bertz CT molecular complexity index is 464. The zero-order valence-corrected chi connectivity index (χ0v) is 12.7. The SMILES string of the molecule is CC1(C)OB(c2ccc(C3CCCO3)cn2)OC1(C)C. The molecule has 1 atom stereocenters. The van der Waals surface area contributed by atoms with E-state index >= 15 is 0 Å². The molecule has 2 saturated heterocycles. The summed E-state index contributed by atoms with van der Waals surface area (Å²) in [6.45, 7) is 9.05. The third-order valence-corrected chi connectivity index (χ3v) is 4.61. The van der Waals surface area contributed by atoms with E-state index < -0.39 is 7.12 Å². The van der Waals surface area contributed by atoms with Crippen LogP contribution in [0.1, 0.15) is 52.2 Å². The van der Waals surface area contributed by atoms with E-state index in [1.165, 1.54) is 0 Å². The molecule has 20 heavy (non-hydrogen) atoms. The molecule has 108 valence electrons.